The lowest BCUT2D eigenvalue weighted by atomic mass is 10.1. The van der Waals surface area contributed by atoms with Gasteiger partial charge in [-0.2, -0.15) is 0 Å². The van der Waals surface area contributed by atoms with Gasteiger partial charge in [0.05, 0.1) is 32.0 Å². The van der Waals surface area contributed by atoms with Crippen LogP contribution >= 0.6 is 0 Å². The van der Waals surface area contributed by atoms with Crippen molar-refractivity contribution in [3.8, 4) is 0 Å². The predicted octanol–water partition coefficient (Wildman–Crippen LogP) is 2.45. The van der Waals surface area contributed by atoms with Gasteiger partial charge in [-0.05, 0) is 51.9 Å². The topological polar surface area (TPSA) is 64.6 Å². The number of nitrogens with zero attached hydrogens (tertiary/aromatic N) is 2. The maximum Gasteiger partial charge on any atom is 0.193 e. The van der Waals surface area contributed by atoms with Crippen LogP contribution in [0.15, 0.2) is 4.99 Å². The standard InChI is InChI=1S/C21H41N3O4/c1-3-22-21(23-11-5-7-14-26-17-16-25-2)24-12-9-19(10-13-24)28-18-20-8-4-6-15-27-20/h19-20H,3-18H2,1-2H3,(H,22,23). The highest BCUT2D eigenvalue weighted by Crippen LogP contribution is 2.18. The van der Waals surface area contributed by atoms with Crippen LogP contribution in [0.4, 0.5) is 0 Å². The van der Waals surface area contributed by atoms with E-state index < -0.39 is 0 Å². The van der Waals surface area contributed by atoms with Crippen LogP contribution in [0, 0.1) is 0 Å². The van der Waals surface area contributed by atoms with E-state index in [0.29, 0.717) is 25.4 Å². The van der Waals surface area contributed by atoms with E-state index in [0.717, 1.165) is 84.1 Å². The van der Waals surface area contributed by atoms with Crippen LogP contribution in [0.5, 0.6) is 0 Å². The van der Waals surface area contributed by atoms with Gasteiger partial charge in [0.1, 0.15) is 0 Å². The molecule has 28 heavy (non-hydrogen) atoms. The number of unbranched alkanes of at least 4 members (excludes halogenated alkanes) is 1. The molecule has 0 amide bonds. The van der Waals surface area contributed by atoms with Crippen molar-refractivity contribution in [1.29, 1.82) is 0 Å². The van der Waals surface area contributed by atoms with Crippen LogP contribution in [0.1, 0.15) is 51.9 Å². The second-order valence-electron chi connectivity index (χ2n) is 7.56. The average Bonchev–Trinajstić information content (AvgIpc) is 2.74. The number of likely N-dealkylation sites (tertiary alicyclic amines) is 1. The number of guanidine groups is 1. The van der Waals surface area contributed by atoms with E-state index >= 15 is 0 Å². The molecule has 1 N–H and O–H groups in total. The Morgan fingerprint density at radius 3 is 2.68 bits per heavy atom. The van der Waals surface area contributed by atoms with E-state index in [-0.39, 0.29) is 0 Å². The van der Waals surface area contributed by atoms with Gasteiger partial charge in [0.15, 0.2) is 5.96 Å². The van der Waals surface area contributed by atoms with Crippen molar-refractivity contribution in [2.24, 2.45) is 4.99 Å². The zero-order chi connectivity index (χ0) is 19.9. The Morgan fingerprint density at radius 1 is 1.11 bits per heavy atom. The number of rotatable bonds is 12. The van der Waals surface area contributed by atoms with Gasteiger partial charge in [0, 0.05) is 46.5 Å². The predicted molar refractivity (Wildman–Crippen MR) is 112 cm³/mol. The fraction of sp³-hybridized carbons (Fsp3) is 0.952. The molecule has 7 nitrogen and oxygen atoms in total. The van der Waals surface area contributed by atoms with Crippen molar-refractivity contribution in [2.75, 3.05) is 66.3 Å². The summed E-state index contributed by atoms with van der Waals surface area (Å²) in [6.07, 6.45) is 8.48. The normalized spacial score (nSPS) is 21.9. The van der Waals surface area contributed by atoms with Gasteiger partial charge < -0.3 is 29.2 Å². The van der Waals surface area contributed by atoms with Crippen molar-refractivity contribution in [3.63, 3.8) is 0 Å². The minimum Gasteiger partial charge on any atom is -0.382 e. The van der Waals surface area contributed by atoms with Gasteiger partial charge in [-0.15, -0.1) is 0 Å². The van der Waals surface area contributed by atoms with Gasteiger partial charge >= 0.3 is 0 Å². The molecule has 164 valence electrons. The maximum absolute atomic E-state index is 6.13. The van der Waals surface area contributed by atoms with Gasteiger partial charge in [-0.25, -0.2) is 0 Å². The van der Waals surface area contributed by atoms with Gasteiger partial charge in [-0.1, -0.05) is 0 Å². The first-order valence-corrected chi connectivity index (χ1v) is 11.2. The van der Waals surface area contributed by atoms with E-state index in [1.807, 2.05) is 0 Å². The quantitative estimate of drug-likeness (QED) is 0.309. The van der Waals surface area contributed by atoms with Crippen molar-refractivity contribution in [1.82, 2.24) is 10.2 Å². The third-order valence-electron chi connectivity index (χ3n) is 5.26. The summed E-state index contributed by atoms with van der Waals surface area (Å²) in [5.74, 6) is 1.04. The van der Waals surface area contributed by atoms with E-state index in [1.165, 1.54) is 12.8 Å². The van der Waals surface area contributed by atoms with Gasteiger partial charge in [0.25, 0.3) is 0 Å². The number of methoxy groups -OCH3 is 1. The molecule has 0 bridgehead atoms. The molecule has 0 aliphatic carbocycles. The lowest BCUT2D eigenvalue weighted by molar-refractivity contribution is -0.0721. The molecule has 0 radical (unpaired) electrons. The first-order valence-electron chi connectivity index (χ1n) is 11.2. The lowest BCUT2D eigenvalue weighted by Crippen LogP contribution is -2.47. The van der Waals surface area contributed by atoms with E-state index in [1.54, 1.807) is 7.11 Å². The Labute approximate surface area is 171 Å². The fourth-order valence-electron chi connectivity index (χ4n) is 3.59. The number of ether oxygens (including phenoxy) is 4. The first-order chi connectivity index (χ1) is 13.8. The Balaban J connectivity index is 1.61. The first kappa shape index (κ1) is 23.4. The maximum atomic E-state index is 6.13. The number of hydrogen-bond donors (Lipinski definition) is 1. The summed E-state index contributed by atoms with van der Waals surface area (Å²) in [5, 5.41) is 3.44. The molecule has 0 saturated carbocycles. The van der Waals surface area contributed by atoms with E-state index in [2.05, 4.69) is 17.1 Å². The minimum atomic E-state index is 0.309. The molecule has 2 heterocycles. The molecule has 2 rings (SSSR count). The molecule has 0 spiro atoms. The highest BCUT2D eigenvalue weighted by molar-refractivity contribution is 5.80. The summed E-state index contributed by atoms with van der Waals surface area (Å²) in [7, 11) is 1.69. The zero-order valence-electron chi connectivity index (χ0n) is 18.0. The Hall–Kier alpha value is -0.890. The third-order valence-corrected chi connectivity index (χ3v) is 5.26. The summed E-state index contributed by atoms with van der Waals surface area (Å²) < 4.78 is 22.4. The monoisotopic (exact) mass is 399 g/mol. The molecule has 7 heteroatoms. The van der Waals surface area contributed by atoms with E-state index in [4.69, 9.17) is 23.9 Å². The highest BCUT2D eigenvalue weighted by atomic mass is 16.5. The summed E-state index contributed by atoms with van der Waals surface area (Å²) in [6.45, 7) is 9.63. The second-order valence-corrected chi connectivity index (χ2v) is 7.56. The molecule has 2 aliphatic rings. The van der Waals surface area contributed by atoms with Crippen LogP contribution in [0.25, 0.3) is 0 Å². The van der Waals surface area contributed by atoms with Crippen LogP contribution in [0.2, 0.25) is 0 Å². The lowest BCUT2D eigenvalue weighted by Gasteiger charge is -2.35. The van der Waals surface area contributed by atoms with Crippen LogP contribution in [-0.4, -0.2) is 89.4 Å². The minimum absolute atomic E-state index is 0.309. The van der Waals surface area contributed by atoms with Gasteiger partial charge in [0.2, 0.25) is 0 Å². The van der Waals surface area contributed by atoms with Crippen molar-refractivity contribution in [2.45, 2.75) is 64.1 Å². The number of aliphatic imine (C=N–C) groups is 1. The van der Waals surface area contributed by atoms with Crippen LogP contribution in [0.3, 0.4) is 0 Å². The molecule has 2 saturated heterocycles. The summed E-state index contributed by atoms with van der Waals surface area (Å²) in [6, 6.07) is 0. The molecule has 0 aromatic carbocycles. The SMILES string of the molecule is CCNC(=NCCCCOCCOC)N1CCC(OCC2CCCCO2)CC1. The Kier molecular flexibility index (Phi) is 12.5. The molecular weight excluding hydrogens is 358 g/mol. The van der Waals surface area contributed by atoms with Crippen molar-refractivity contribution < 1.29 is 18.9 Å². The highest BCUT2D eigenvalue weighted by Gasteiger charge is 2.23. The van der Waals surface area contributed by atoms with Crippen LogP contribution in [-0.2, 0) is 18.9 Å². The summed E-state index contributed by atoms with van der Waals surface area (Å²) in [4.78, 5) is 7.18. The zero-order valence-corrected chi connectivity index (χ0v) is 18.0. The molecule has 1 atom stereocenters. The molecule has 0 aromatic rings. The average molecular weight is 400 g/mol. The smallest absolute Gasteiger partial charge is 0.193 e. The third kappa shape index (κ3) is 9.54. The number of piperidine rings is 1. The Bertz CT molecular complexity index is 408. The van der Waals surface area contributed by atoms with Crippen molar-refractivity contribution in [3.05, 3.63) is 0 Å². The number of hydrogen-bond acceptors (Lipinski definition) is 5. The van der Waals surface area contributed by atoms with Crippen LogP contribution < -0.4 is 5.32 Å². The summed E-state index contributed by atoms with van der Waals surface area (Å²) >= 11 is 0. The Morgan fingerprint density at radius 2 is 1.96 bits per heavy atom. The molecule has 1 unspecified atom stereocenters. The largest absolute Gasteiger partial charge is 0.382 e. The molecular formula is C21H41N3O4. The summed E-state index contributed by atoms with van der Waals surface area (Å²) in [5.41, 5.74) is 0. The second kappa shape index (κ2) is 15.0. The number of nitrogens with one attached hydrogen (secondary N) is 1. The van der Waals surface area contributed by atoms with Gasteiger partial charge in [-0.3, -0.25) is 4.99 Å². The van der Waals surface area contributed by atoms with Crippen molar-refractivity contribution >= 4 is 5.96 Å². The molecule has 2 fully saturated rings. The van der Waals surface area contributed by atoms with E-state index in [9.17, 15) is 0 Å². The molecule has 2 aliphatic heterocycles. The fourth-order valence-corrected chi connectivity index (χ4v) is 3.59. The molecule has 0 aromatic heterocycles.